The maximum absolute atomic E-state index is 6.01. The van der Waals surface area contributed by atoms with Gasteiger partial charge in [-0.25, -0.2) is 5.43 Å². The molecule has 94 valence electrons. The van der Waals surface area contributed by atoms with Crippen LogP contribution in [0.4, 0.5) is 0 Å². The summed E-state index contributed by atoms with van der Waals surface area (Å²) in [5.74, 6) is 5.70. The first kappa shape index (κ1) is 13.6. The van der Waals surface area contributed by atoms with E-state index in [9.17, 15) is 0 Å². The molecule has 1 atom stereocenters. The monoisotopic (exact) mass is 324 g/mol. The predicted molar refractivity (Wildman–Crippen MR) is 79.5 cm³/mol. The van der Waals surface area contributed by atoms with Crippen molar-refractivity contribution in [2.75, 3.05) is 0 Å². The number of hydrogen-bond donors (Lipinski definition) is 2. The second-order valence-corrected chi connectivity index (χ2v) is 5.39. The van der Waals surface area contributed by atoms with Gasteiger partial charge in [-0.2, -0.15) is 0 Å². The highest BCUT2D eigenvalue weighted by Gasteiger charge is 2.15. The van der Waals surface area contributed by atoms with E-state index >= 15 is 0 Å². The Morgan fingerprint density at radius 3 is 2.56 bits per heavy atom. The molecule has 0 radical (unpaired) electrons. The third kappa shape index (κ3) is 2.75. The molecule has 4 heteroatoms. The van der Waals surface area contributed by atoms with Gasteiger partial charge in [-0.1, -0.05) is 41.9 Å². The Morgan fingerprint density at radius 2 is 1.94 bits per heavy atom. The van der Waals surface area contributed by atoms with E-state index in [2.05, 4.69) is 40.4 Å². The van der Waals surface area contributed by atoms with Gasteiger partial charge >= 0.3 is 0 Å². The first-order valence-electron chi connectivity index (χ1n) is 5.60. The molecule has 0 aliphatic carbocycles. The number of halogens is 2. The second-order valence-electron chi connectivity index (χ2n) is 4.13. The SMILES string of the molecule is Cc1ccccc1C(NN)c1ccc(Cl)c(Br)c1. The molecular formula is C14H14BrClN2. The van der Waals surface area contributed by atoms with Crippen molar-refractivity contribution in [2.24, 2.45) is 5.84 Å². The van der Waals surface area contributed by atoms with Crippen molar-refractivity contribution in [3.63, 3.8) is 0 Å². The van der Waals surface area contributed by atoms with E-state index < -0.39 is 0 Å². The van der Waals surface area contributed by atoms with Gasteiger partial charge in [0.15, 0.2) is 0 Å². The third-order valence-electron chi connectivity index (χ3n) is 2.94. The maximum Gasteiger partial charge on any atom is 0.0713 e. The number of rotatable bonds is 3. The molecule has 0 aliphatic rings. The lowest BCUT2D eigenvalue weighted by Crippen LogP contribution is -2.29. The molecule has 0 spiro atoms. The van der Waals surface area contributed by atoms with Crippen molar-refractivity contribution in [3.05, 3.63) is 68.7 Å². The molecule has 1 unspecified atom stereocenters. The van der Waals surface area contributed by atoms with Gasteiger partial charge in [0.1, 0.15) is 0 Å². The molecule has 18 heavy (non-hydrogen) atoms. The summed E-state index contributed by atoms with van der Waals surface area (Å²) in [6.45, 7) is 2.07. The molecule has 2 aromatic carbocycles. The largest absolute Gasteiger partial charge is 0.271 e. The van der Waals surface area contributed by atoms with Gasteiger partial charge in [0.05, 0.1) is 11.1 Å². The average Bonchev–Trinajstić information content (AvgIpc) is 2.37. The van der Waals surface area contributed by atoms with Crippen LogP contribution in [0, 0.1) is 6.92 Å². The number of hydrazine groups is 1. The molecule has 0 amide bonds. The highest BCUT2D eigenvalue weighted by Crippen LogP contribution is 2.29. The van der Waals surface area contributed by atoms with Crippen LogP contribution in [0.25, 0.3) is 0 Å². The van der Waals surface area contributed by atoms with E-state index in [0.717, 1.165) is 15.6 Å². The number of hydrogen-bond acceptors (Lipinski definition) is 2. The normalized spacial score (nSPS) is 12.4. The lowest BCUT2D eigenvalue weighted by molar-refractivity contribution is 0.633. The molecule has 0 saturated carbocycles. The minimum absolute atomic E-state index is 0.0419. The van der Waals surface area contributed by atoms with Gasteiger partial charge < -0.3 is 0 Å². The standard InChI is InChI=1S/C14H14BrClN2/c1-9-4-2-3-5-11(9)14(18-17)10-6-7-13(16)12(15)8-10/h2-8,14,18H,17H2,1H3. The quantitative estimate of drug-likeness (QED) is 0.662. The van der Waals surface area contributed by atoms with Gasteiger partial charge in [-0.15, -0.1) is 0 Å². The zero-order valence-corrected chi connectivity index (χ0v) is 12.3. The zero-order valence-electron chi connectivity index (χ0n) is 9.95. The van der Waals surface area contributed by atoms with Crippen molar-refractivity contribution in [3.8, 4) is 0 Å². The Morgan fingerprint density at radius 1 is 1.22 bits per heavy atom. The molecular weight excluding hydrogens is 312 g/mol. The number of nitrogens with one attached hydrogen (secondary N) is 1. The van der Waals surface area contributed by atoms with Crippen LogP contribution in [0.5, 0.6) is 0 Å². The summed E-state index contributed by atoms with van der Waals surface area (Å²) in [6.07, 6.45) is 0. The van der Waals surface area contributed by atoms with E-state index in [4.69, 9.17) is 17.4 Å². The van der Waals surface area contributed by atoms with Crippen LogP contribution in [0.2, 0.25) is 5.02 Å². The maximum atomic E-state index is 6.01. The smallest absolute Gasteiger partial charge is 0.0713 e. The summed E-state index contributed by atoms with van der Waals surface area (Å²) < 4.78 is 0.871. The summed E-state index contributed by atoms with van der Waals surface area (Å²) in [7, 11) is 0. The summed E-state index contributed by atoms with van der Waals surface area (Å²) in [5, 5.41) is 0.694. The molecule has 0 saturated heterocycles. The molecule has 0 fully saturated rings. The van der Waals surface area contributed by atoms with E-state index in [-0.39, 0.29) is 6.04 Å². The third-order valence-corrected chi connectivity index (χ3v) is 4.16. The lowest BCUT2D eigenvalue weighted by atomic mass is 9.96. The van der Waals surface area contributed by atoms with Gasteiger partial charge in [0, 0.05) is 4.47 Å². The van der Waals surface area contributed by atoms with E-state index in [0.29, 0.717) is 5.02 Å². The summed E-state index contributed by atoms with van der Waals surface area (Å²) in [5.41, 5.74) is 6.29. The van der Waals surface area contributed by atoms with Crippen LogP contribution in [0.1, 0.15) is 22.7 Å². The summed E-state index contributed by atoms with van der Waals surface area (Å²) in [4.78, 5) is 0. The van der Waals surface area contributed by atoms with Crippen molar-refractivity contribution in [1.82, 2.24) is 5.43 Å². The average molecular weight is 326 g/mol. The topological polar surface area (TPSA) is 38.0 Å². The van der Waals surface area contributed by atoms with Gasteiger partial charge in [-0.3, -0.25) is 5.84 Å². The van der Waals surface area contributed by atoms with E-state index in [1.54, 1.807) is 0 Å². The fourth-order valence-electron chi connectivity index (χ4n) is 1.97. The molecule has 2 rings (SSSR count). The van der Waals surface area contributed by atoms with E-state index in [1.165, 1.54) is 5.56 Å². The highest BCUT2D eigenvalue weighted by atomic mass is 79.9. The van der Waals surface area contributed by atoms with Crippen LogP contribution in [0.15, 0.2) is 46.9 Å². The molecule has 3 N–H and O–H groups in total. The van der Waals surface area contributed by atoms with Crippen molar-refractivity contribution in [2.45, 2.75) is 13.0 Å². The fourth-order valence-corrected chi connectivity index (χ4v) is 2.48. The van der Waals surface area contributed by atoms with Crippen molar-refractivity contribution >= 4 is 27.5 Å². The van der Waals surface area contributed by atoms with Crippen LogP contribution < -0.4 is 11.3 Å². The number of nitrogens with two attached hydrogens (primary N) is 1. The summed E-state index contributed by atoms with van der Waals surface area (Å²) in [6, 6.07) is 14.0. The Balaban J connectivity index is 2.45. The van der Waals surface area contributed by atoms with Crippen LogP contribution in [-0.2, 0) is 0 Å². The van der Waals surface area contributed by atoms with Gasteiger partial charge in [0.2, 0.25) is 0 Å². The minimum atomic E-state index is -0.0419. The van der Waals surface area contributed by atoms with Gasteiger partial charge in [0.25, 0.3) is 0 Å². The van der Waals surface area contributed by atoms with Crippen LogP contribution in [-0.4, -0.2) is 0 Å². The van der Waals surface area contributed by atoms with Gasteiger partial charge in [-0.05, 0) is 51.7 Å². The Bertz CT molecular complexity index is 557. The predicted octanol–water partition coefficient (Wildman–Crippen LogP) is 3.96. The second kappa shape index (κ2) is 5.85. The van der Waals surface area contributed by atoms with Crippen LogP contribution >= 0.6 is 27.5 Å². The molecule has 0 heterocycles. The van der Waals surface area contributed by atoms with Crippen LogP contribution in [0.3, 0.4) is 0 Å². The Labute approximate surface area is 120 Å². The minimum Gasteiger partial charge on any atom is -0.271 e. The first-order chi connectivity index (χ1) is 8.63. The van der Waals surface area contributed by atoms with Crippen molar-refractivity contribution in [1.29, 1.82) is 0 Å². The zero-order chi connectivity index (χ0) is 13.1. The molecule has 0 bridgehead atoms. The van der Waals surface area contributed by atoms with E-state index in [1.807, 2.05) is 30.3 Å². The highest BCUT2D eigenvalue weighted by molar-refractivity contribution is 9.10. The first-order valence-corrected chi connectivity index (χ1v) is 6.77. The molecule has 0 aliphatic heterocycles. The molecule has 2 aromatic rings. The Kier molecular flexibility index (Phi) is 4.40. The lowest BCUT2D eigenvalue weighted by Gasteiger charge is -2.19. The summed E-state index contributed by atoms with van der Waals surface area (Å²) >= 11 is 9.44. The number of aryl methyl sites for hydroxylation is 1. The molecule has 2 nitrogen and oxygen atoms in total. The fraction of sp³-hybridized carbons (Fsp3) is 0.143. The molecule has 0 aromatic heterocycles. The Hall–Kier alpha value is -0.870. The number of benzene rings is 2. The van der Waals surface area contributed by atoms with Crippen molar-refractivity contribution < 1.29 is 0 Å².